The second-order valence-corrected chi connectivity index (χ2v) is 14.2. The maximum absolute atomic E-state index is 13.1. The van der Waals surface area contributed by atoms with Gasteiger partial charge in [0.1, 0.15) is 11.3 Å². The van der Waals surface area contributed by atoms with Gasteiger partial charge in [-0.05, 0) is 84.8 Å². The molecule has 0 radical (unpaired) electrons. The number of nitrogens with one attached hydrogen (secondary N) is 1. The van der Waals surface area contributed by atoms with Crippen molar-refractivity contribution in [3.05, 3.63) is 99.7 Å². The van der Waals surface area contributed by atoms with Crippen molar-refractivity contribution in [2.45, 2.75) is 49.6 Å². The lowest BCUT2D eigenvalue weighted by atomic mass is 9.84. The summed E-state index contributed by atoms with van der Waals surface area (Å²) in [6.45, 7) is -0.213. The summed E-state index contributed by atoms with van der Waals surface area (Å²) in [6.07, 6.45) is 3.37. The van der Waals surface area contributed by atoms with E-state index < -0.39 is 15.5 Å². The largest absolute Gasteiger partial charge is 0.511 e. The highest BCUT2D eigenvalue weighted by Crippen LogP contribution is 2.40. The van der Waals surface area contributed by atoms with Crippen molar-refractivity contribution < 1.29 is 31.1 Å². The lowest BCUT2D eigenvalue weighted by Crippen LogP contribution is -2.47. The third kappa shape index (κ3) is 8.29. The number of halogens is 5. The predicted octanol–water partition coefficient (Wildman–Crippen LogP) is 7.48. The summed E-state index contributed by atoms with van der Waals surface area (Å²) < 4.78 is 70.0. The summed E-state index contributed by atoms with van der Waals surface area (Å²) in [5.41, 5.74) is 3.98. The fraction of sp³-hybridized carbons (Fsp3) is 0.333. The van der Waals surface area contributed by atoms with Crippen LogP contribution in [-0.2, 0) is 14.8 Å². The van der Waals surface area contributed by atoms with Crippen molar-refractivity contribution in [2.75, 3.05) is 25.0 Å². The molecule has 1 fully saturated rings. The molecule has 1 amide bonds. The van der Waals surface area contributed by atoms with Crippen LogP contribution in [0.1, 0.15) is 54.7 Å². The molecule has 0 spiro atoms. The molecule has 1 aliphatic rings. The van der Waals surface area contributed by atoms with Crippen LogP contribution < -0.4 is 15.8 Å². The average molecular weight is 710 g/mol. The minimum atomic E-state index is -5.39. The molecule has 250 valence electrons. The summed E-state index contributed by atoms with van der Waals surface area (Å²) in [4.78, 5) is 15.8. The van der Waals surface area contributed by atoms with E-state index in [1.165, 1.54) is 0 Å². The van der Waals surface area contributed by atoms with E-state index in [4.69, 9.17) is 33.7 Å². The fourth-order valence-corrected chi connectivity index (χ4v) is 6.96. The number of rotatable bonds is 12. The number of fused-ring (bicyclic) bond motifs is 1. The van der Waals surface area contributed by atoms with Gasteiger partial charge in [0, 0.05) is 58.8 Å². The van der Waals surface area contributed by atoms with Crippen LogP contribution in [0.15, 0.2) is 72.9 Å². The average Bonchev–Trinajstić information content (AvgIpc) is 3.03. The smallest absolute Gasteiger partial charge is 0.491 e. The quantitative estimate of drug-likeness (QED) is 0.117. The Morgan fingerprint density at radius 1 is 0.957 bits per heavy atom. The van der Waals surface area contributed by atoms with Crippen molar-refractivity contribution in [2.24, 2.45) is 5.73 Å². The first kappa shape index (κ1) is 34.7. The summed E-state index contributed by atoms with van der Waals surface area (Å²) in [6, 6.07) is 20.5. The number of unbranched alkanes of at least 4 members (excludes halogenated alkanes) is 1. The normalized spacial score (nSPS) is 14.9. The van der Waals surface area contributed by atoms with Crippen LogP contribution in [0.3, 0.4) is 0 Å². The number of pyridine rings is 1. The second-order valence-electron chi connectivity index (χ2n) is 11.4. The number of alkyl halides is 3. The maximum atomic E-state index is 13.1. The van der Waals surface area contributed by atoms with Crippen molar-refractivity contribution in [3.8, 4) is 5.75 Å². The number of carbonyl (C=O) groups excluding carboxylic acids is 1. The number of anilines is 1. The number of carbonyl (C=O) groups is 1. The van der Waals surface area contributed by atoms with Crippen LogP contribution in [0.4, 0.5) is 18.9 Å². The third-order valence-electron chi connectivity index (χ3n) is 8.09. The summed E-state index contributed by atoms with van der Waals surface area (Å²) in [7, 11) is -5.39. The predicted molar refractivity (Wildman–Crippen MR) is 177 cm³/mol. The van der Waals surface area contributed by atoms with Crippen LogP contribution >= 0.6 is 23.2 Å². The number of ether oxygens (including phenoxy) is 1. The standard InChI is InChI=1S/C33H33Cl2F3N4O4S/c34-24-8-4-21(5-9-24)31(22-6-10-25(35)11-7-22)23-19-27-28(41-26-13-16-42(17-14-26)47(44,45)33(36,37)38)12-15-40-32(27)29(20-23)46-18-2-1-3-30(39)43/h4-12,15,19-20,26,31H,1-3,13-14,16-18H2,(H2,39,43)(H,40,41). The second kappa shape index (κ2) is 14.7. The summed E-state index contributed by atoms with van der Waals surface area (Å²) >= 11 is 12.5. The number of benzene rings is 3. The number of nitrogens with zero attached hydrogens (tertiary/aromatic N) is 2. The first-order valence-corrected chi connectivity index (χ1v) is 17.2. The van der Waals surface area contributed by atoms with Crippen LogP contribution in [0, 0.1) is 0 Å². The molecule has 3 N–H and O–H groups in total. The van der Waals surface area contributed by atoms with E-state index in [-0.39, 0.29) is 50.2 Å². The Kier molecular flexibility index (Phi) is 10.8. The molecule has 1 aliphatic heterocycles. The molecular formula is C33H33Cl2F3N4O4S. The highest BCUT2D eigenvalue weighted by molar-refractivity contribution is 7.90. The Morgan fingerprint density at radius 3 is 2.11 bits per heavy atom. The number of aromatic nitrogens is 1. The van der Waals surface area contributed by atoms with Gasteiger partial charge in [0.2, 0.25) is 5.91 Å². The van der Waals surface area contributed by atoms with Crippen molar-refractivity contribution in [1.29, 1.82) is 0 Å². The van der Waals surface area contributed by atoms with Gasteiger partial charge in [-0.1, -0.05) is 47.5 Å². The number of nitrogens with two attached hydrogens (primary N) is 1. The number of primary amides is 1. The first-order valence-electron chi connectivity index (χ1n) is 15.0. The summed E-state index contributed by atoms with van der Waals surface area (Å²) in [5, 5.41) is 5.32. The van der Waals surface area contributed by atoms with Crippen molar-refractivity contribution in [3.63, 3.8) is 0 Å². The van der Waals surface area contributed by atoms with Crippen molar-refractivity contribution in [1.82, 2.24) is 9.29 Å². The van der Waals surface area contributed by atoms with E-state index in [9.17, 15) is 26.4 Å². The molecule has 0 unspecified atom stereocenters. The lowest BCUT2D eigenvalue weighted by Gasteiger charge is -2.32. The van der Waals surface area contributed by atoms with Gasteiger partial charge in [-0.15, -0.1) is 0 Å². The molecule has 2 heterocycles. The molecule has 47 heavy (non-hydrogen) atoms. The minimum Gasteiger partial charge on any atom is -0.491 e. The third-order valence-corrected chi connectivity index (χ3v) is 10.2. The van der Waals surface area contributed by atoms with E-state index in [0.717, 1.165) is 22.1 Å². The Morgan fingerprint density at radius 2 is 1.55 bits per heavy atom. The Bertz CT molecular complexity index is 1770. The van der Waals surface area contributed by atoms with E-state index in [0.29, 0.717) is 50.8 Å². The van der Waals surface area contributed by atoms with Gasteiger partial charge in [0.05, 0.1) is 6.61 Å². The van der Waals surface area contributed by atoms with Gasteiger partial charge in [0.15, 0.2) is 0 Å². The van der Waals surface area contributed by atoms with E-state index in [2.05, 4.69) is 10.3 Å². The molecule has 5 rings (SSSR count). The number of piperidine rings is 1. The summed E-state index contributed by atoms with van der Waals surface area (Å²) in [5.74, 6) is -0.139. The number of amides is 1. The molecule has 0 aliphatic carbocycles. The van der Waals surface area contributed by atoms with Crippen LogP contribution in [-0.4, -0.2) is 54.9 Å². The van der Waals surface area contributed by atoms with Gasteiger partial charge >= 0.3 is 15.5 Å². The molecule has 8 nitrogen and oxygen atoms in total. The Hall–Kier alpha value is -3.58. The number of hydrogen-bond acceptors (Lipinski definition) is 6. The zero-order valence-corrected chi connectivity index (χ0v) is 27.5. The minimum absolute atomic E-state index is 0.181. The number of hydrogen-bond donors (Lipinski definition) is 2. The lowest BCUT2D eigenvalue weighted by molar-refractivity contribution is -0.118. The SMILES string of the molecule is NC(=O)CCCCOc1cc(C(c2ccc(Cl)cc2)c2ccc(Cl)cc2)cc2c(NC3CCN(S(=O)(=O)C(F)(F)F)CC3)ccnc12. The van der Waals surface area contributed by atoms with Crippen molar-refractivity contribution >= 4 is 55.7 Å². The Labute approximate surface area is 281 Å². The number of sulfonamides is 1. The fourth-order valence-electron chi connectivity index (χ4n) is 5.72. The van der Waals surface area contributed by atoms with E-state index in [1.807, 2.05) is 60.7 Å². The van der Waals surface area contributed by atoms with Gasteiger partial charge in [-0.25, -0.2) is 8.42 Å². The van der Waals surface area contributed by atoms with E-state index >= 15 is 0 Å². The highest BCUT2D eigenvalue weighted by atomic mass is 35.5. The molecule has 0 bridgehead atoms. The zero-order valence-electron chi connectivity index (χ0n) is 25.1. The highest BCUT2D eigenvalue weighted by Gasteiger charge is 2.50. The molecule has 14 heteroatoms. The van der Waals surface area contributed by atoms with Gasteiger partial charge in [-0.2, -0.15) is 17.5 Å². The van der Waals surface area contributed by atoms with Gasteiger partial charge in [-0.3, -0.25) is 9.78 Å². The molecule has 3 aromatic carbocycles. The Balaban J connectivity index is 1.53. The topological polar surface area (TPSA) is 115 Å². The van der Waals surface area contributed by atoms with Crippen LogP contribution in [0.2, 0.25) is 10.0 Å². The molecule has 1 aromatic heterocycles. The molecule has 4 aromatic rings. The molecule has 0 atom stereocenters. The van der Waals surface area contributed by atoms with Gasteiger partial charge < -0.3 is 15.8 Å². The van der Waals surface area contributed by atoms with Gasteiger partial charge in [0.25, 0.3) is 0 Å². The molecule has 0 saturated carbocycles. The van der Waals surface area contributed by atoms with Crippen LogP contribution in [0.5, 0.6) is 5.75 Å². The molecule has 1 saturated heterocycles. The van der Waals surface area contributed by atoms with Crippen LogP contribution in [0.25, 0.3) is 10.9 Å². The molecular weight excluding hydrogens is 676 g/mol. The maximum Gasteiger partial charge on any atom is 0.511 e. The first-order chi connectivity index (χ1) is 22.3. The monoisotopic (exact) mass is 708 g/mol. The zero-order chi connectivity index (χ0) is 33.8. The van der Waals surface area contributed by atoms with E-state index in [1.54, 1.807) is 12.3 Å².